The highest BCUT2D eigenvalue weighted by atomic mass is 32.1. The quantitative estimate of drug-likeness (QED) is 0.544. The monoisotopic (exact) mass is 182 g/mol. The molecule has 1 rings (SSSR count). The molecule has 0 saturated heterocycles. The molecule has 1 heterocycles. The summed E-state index contributed by atoms with van der Waals surface area (Å²) >= 11 is 4.92. The fourth-order valence-corrected chi connectivity index (χ4v) is 1.41. The van der Waals surface area contributed by atoms with Crippen molar-refractivity contribution in [3.05, 3.63) is 29.3 Å². The van der Waals surface area contributed by atoms with Gasteiger partial charge in [0.2, 0.25) is 0 Å². The molecule has 0 saturated carbocycles. The van der Waals surface area contributed by atoms with Gasteiger partial charge < -0.3 is 9.97 Å². The van der Waals surface area contributed by atoms with Crippen molar-refractivity contribution in [2.24, 2.45) is 5.92 Å². The van der Waals surface area contributed by atoms with E-state index in [9.17, 15) is 0 Å². The summed E-state index contributed by atoms with van der Waals surface area (Å²) in [5, 5.41) is 0. The summed E-state index contributed by atoms with van der Waals surface area (Å²) in [7, 11) is 0. The molecule has 1 atom stereocenters. The van der Waals surface area contributed by atoms with Crippen LogP contribution in [0.15, 0.2) is 18.9 Å². The number of aromatic nitrogens is 2. The average molecular weight is 182 g/mol. The van der Waals surface area contributed by atoms with Crippen LogP contribution in [0.25, 0.3) is 0 Å². The minimum absolute atomic E-state index is 0.629. The molecule has 2 nitrogen and oxygen atoms in total. The van der Waals surface area contributed by atoms with Gasteiger partial charge in [-0.25, -0.2) is 0 Å². The van der Waals surface area contributed by atoms with Crippen LogP contribution in [-0.2, 0) is 6.42 Å². The molecule has 1 unspecified atom stereocenters. The van der Waals surface area contributed by atoms with Crippen molar-refractivity contribution in [2.45, 2.75) is 19.8 Å². The number of hydrogen-bond donors (Lipinski definition) is 2. The Balaban J connectivity index is 2.51. The van der Waals surface area contributed by atoms with E-state index in [2.05, 4.69) is 23.5 Å². The maximum absolute atomic E-state index is 4.92. The third-order valence-corrected chi connectivity index (χ3v) is 2.01. The van der Waals surface area contributed by atoms with Crippen LogP contribution in [0.5, 0.6) is 0 Å². The fraction of sp³-hybridized carbons (Fsp3) is 0.444. The van der Waals surface area contributed by atoms with Gasteiger partial charge in [-0.05, 0) is 31.0 Å². The summed E-state index contributed by atoms with van der Waals surface area (Å²) in [5.74, 6) is 0.629. The first kappa shape index (κ1) is 9.26. The van der Waals surface area contributed by atoms with Gasteiger partial charge in [-0.15, -0.1) is 6.58 Å². The van der Waals surface area contributed by atoms with Crippen LogP contribution in [0.1, 0.15) is 19.0 Å². The molecule has 12 heavy (non-hydrogen) atoms. The zero-order chi connectivity index (χ0) is 8.97. The molecular formula is C9H14N2S. The zero-order valence-electron chi connectivity index (χ0n) is 7.26. The van der Waals surface area contributed by atoms with Crippen molar-refractivity contribution in [3.8, 4) is 0 Å². The minimum Gasteiger partial charge on any atom is -0.337 e. The molecule has 0 aliphatic carbocycles. The first-order chi connectivity index (χ1) is 5.72. The Hall–Kier alpha value is -0.830. The minimum atomic E-state index is 0.629. The van der Waals surface area contributed by atoms with Crippen molar-refractivity contribution in [1.82, 2.24) is 9.97 Å². The lowest BCUT2D eigenvalue weighted by Crippen LogP contribution is -1.97. The van der Waals surface area contributed by atoms with Gasteiger partial charge in [0.1, 0.15) is 0 Å². The van der Waals surface area contributed by atoms with E-state index in [1.807, 2.05) is 12.3 Å². The first-order valence-corrected chi connectivity index (χ1v) is 4.50. The predicted octanol–water partition coefficient (Wildman–Crippen LogP) is 2.83. The molecule has 0 bridgehead atoms. The molecular weight excluding hydrogens is 168 g/mol. The van der Waals surface area contributed by atoms with Crippen LogP contribution in [-0.4, -0.2) is 9.97 Å². The third kappa shape index (κ3) is 2.66. The van der Waals surface area contributed by atoms with E-state index >= 15 is 0 Å². The molecule has 3 heteroatoms. The SMILES string of the molecule is C=CCC(C)Cc1c[nH]c(=S)[nH]1. The Kier molecular flexibility index (Phi) is 3.29. The molecule has 0 fully saturated rings. The molecule has 0 aliphatic rings. The van der Waals surface area contributed by atoms with E-state index < -0.39 is 0 Å². The van der Waals surface area contributed by atoms with Crippen molar-refractivity contribution in [3.63, 3.8) is 0 Å². The Labute approximate surface area is 77.7 Å². The maximum atomic E-state index is 4.92. The van der Waals surface area contributed by atoms with E-state index in [1.165, 1.54) is 5.69 Å². The number of H-pyrrole nitrogens is 2. The van der Waals surface area contributed by atoms with Crippen molar-refractivity contribution >= 4 is 12.2 Å². The van der Waals surface area contributed by atoms with Gasteiger partial charge in [0.05, 0.1) is 0 Å². The Morgan fingerprint density at radius 1 is 1.75 bits per heavy atom. The van der Waals surface area contributed by atoms with Gasteiger partial charge >= 0.3 is 0 Å². The summed E-state index contributed by atoms with van der Waals surface area (Å²) in [5.41, 5.74) is 1.18. The van der Waals surface area contributed by atoms with Crippen LogP contribution in [0.2, 0.25) is 0 Å². The molecule has 66 valence electrons. The molecule has 1 aromatic rings. The summed E-state index contributed by atoms with van der Waals surface area (Å²) in [6.07, 6.45) is 5.96. The number of nitrogens with one attached hydrogen (secondary N) is 2. The average Bonchev–Trinajstić information content (AvgIpc) is 2.36. The van der Waals surface area contributed by atoms with E-state index in [-0.39, 0.29) is 0 Å². The van der Waals surface area contributed by atoms with Crippen LogP contribution in [0, 0.1) is 10.7 Å². The second-order valence-electron chi connectivity index (χ2n) is 3.10. The van der Waals surface area contributed by atoms with Crippen LogP contribution in [0.3, 0.4) is 0 Å². The van der Waals surface area contributed by atoms with Gasteiger partial charge in [-0.2, -0.15) is 0 Å². The molecule has 0 radical (unpaired) electrons. The number of allylic oxidation sites excluding steroid dienone is 1. The Morgan fingerprint density at radius 3 is 3.00 bits per heavy atom. The molecule has 0 aromatic carbocycles. The van der Waals surface area contributed by atoms with Gasteiger partial charge in [-0.3, -0.25) is 0 Å². The summed E-state index contributed by atoms with van der Waals surface area (Å²) in [4.78, 5) is 6.04. The lowest BCUT2D eigenvalue weighted by molar-refractivity contribution is 0.583. The van der Waals surface area contributed by atoms with Crippen LogP contribution in [0.4, 0.5) is 0 Å². The summed E-state index contributed by atoms with van der Waals surface area (Å²) in [6.45, 7) is 5.91. The van der Waals surface area contributed by atoms with Crippen LogP contribution >= 0.6 is 12.2 Å². The number of aromatic amines is 2. The second kappa shape index (κ2) is 4.26. The number of rotatable bonds is 4. The van der Waals surface area contributed by atoms with E-state index in [0.717, 1.165) is 12.8 Å². The standard InChI is InChI=1S/C9H14N2S/c1-3-4-7(2)5-8-6-10-9(12)11-8/h3,6-7H,1,4-5H2,2H3,(H2,10,11,12). The molecule has 1 aromatic heterocycles. The van der Waals surface area contributed by atoms with E-state index in [1.54, 1.807) is 0 Å². The highest BCUT2D eigenvalue weighted by molar-refractivity contribution is 7.71. The number of hydrogen-bond acceptors (Lipinski definition) is 1. The van der Waals surface area contributed by atoms with Gasteiger partial charge in [0.25, 0.3) is 0 Å². The lowest BCUT2D eigenvalue weighted by atomic mass is 10.0. The molecule has 0 spiro atoms. The highest BCUT2D eigenvalue weighted by Crippen LogP contribution is 2.09. The van der Waals surface area contributed by atoms with Gasteiger partial charge in [0, 0.05) is 11.9 Å². The molecule has 0 amide bonds. The fourth-order valence-electron chi connectivity index (χ4n) is 1.22. The first-order valence-electron chi connectivity index (χ1n) is 4.10. The van der Waals surface area contributed by atoms with Gasteiger partial charge in [-0.1, -0.05) is 13.0 Å². The Bertz CT molecular complexity index is 297. The largest absolute Gasteiger partial charge is 0.337 e. The predicted molar refractivity (Wildman–Crippen MR) is 53.7 cm³/mol. The smallest absolute Gasteiger partial charge is 0.174 e. The molecule has 2 N–H and O–H groups in total. The van der Waals surface area contributed by atoms with Crippen molar-refractivity contribution < 1.29 is 0 Å². The lowest BCUT2D eigenvalue weighted by Gasteiger charge is -2.04. The van der Waals surface area contributed by atoms with Crippen LogP contribution < -0.4 is 0 Å². The topological polar surface area (TPSA) is 31.6 Å². The number of imidazole rings is 1. The van der Waals surface area contributed by atoms with E-state index in [4.69, 9.17) is 12.2 Å². The maximum Gasteiger partial charge on any atom is 0.174 e. The second-order valence-corrected chi connectivity index (χ2v) is 3.51. The van der Waals surface area contributed by atoms with E-state index in [0.29, 0.717) is 10.7 Å². The van der Waals surface area contributed by atoms with Crippen molar-refractivity contribution in [1.29, 1.82) is 0 Å². The zero-order valence-corrected chi connectivity index (χ0v) is 8.08. The van der Waals surface area contributed by atoms with Gasteiger partial charge in [0.15, 0.2) is 4.77 Å². The summed E-state index contributed by atoms with van der Waals surface area (Å²) < 4.78 is 0.704. The molecule has 0 aliphatic heterocycles. The summed E-state index contributed by atoms with van der Waals surface area (Å²) in [6, 6.07) is 0. The van der Waals surface area contributed by atoms with Crippen molar-refractivity contribution in [2.75, 3.05) is 0 Å². The highest BCUT2D eigenvalue weighted by Gasteiger charge is 2.01. The third-order valence-electron chi connectivity index (χ3n) is 1.79. The Morgan fingerprint density at radius 2 is 2.50 bits per heavy atom. The normalized spacial score (nSPS) is 12.8.